The number of rotatable bonds is 10. The molecule has 65 heavy (non-hydrogen) atoms. The molecule has 0 N–H and O–H groups in total. The average molecular weight is 1040 g/mol. The molecule has 0 spiro atoms. The Labute approximate surface area is 402 Å². The summed E-state index contributed by atoms with van der Waals surface area (Å²) in [5.41, 5.74) is 18.3. The van der Waals surface area contributed by atoms with E-state index in [4.69, 9.17) is 10.3 Å². The summed E-state index contributed by atoms with van der Waals surface area (Å²) in [4.78, 5) is 7.18. The zero-order valence-corrected chi connectivity index (χ0v) is 42.1. The molecular weight excluding hydrogens is 983 g/mol. The van der Waals surface area contributed by atoms with Crippen LogP contribution in [0.2, 0.25) is 19.6 Å². The van der Waals surface area contributed by atoms with Gasteiger partial charge in [-0.3, -0.25) is 0 Å². The number of nitrogens with zero attached hydrogens (tertiary/aromatic N) is 3. The summed E-state index contributed by atoms with van der Waals surface area (Å²) in [6, 6.07) is 67.5. The summed E-state index contributed by atoms with van der Waals surface area (Å²) in [5, 5.41) is 6.69. The molecule has 3 nitrogen and oxygen atoms in total. The predicted molar refractivity (Wildman–Crippen MR) is 274 cm³/mol. The molecule has 1 aromatic heterocycles. The largest absolute Gasteiger partial charge is 3.00 e. The fourth-order valence-corrected chi connectivity index (χ4v) is 11.4. The molecule has 0 bridgehead atoms. The van der Waals surface area contributed by atoms with E-state index in [1.165, 1.54) is 55.3 Å². The van der Waals surface area contributed by atoms with Crippen LogP contribution >= 0.6 is 0 Å². The van der Waals surface area contributed by atoms with Crippen LogP contribution in [-0.4, -0.2) is 13.1 Å². The topological polar surface area (TPSA) is 30.2 Å². The van der Waals surface area contributed by atoms with Crippen LogP contribution in [0, 0.1) is 18.1 Å². The molecule has 326 valence electrons. The van der Waals surface area contributed by atoms with Crippen molar-refractivity contribution in [2.24, 2.45) is 5.92 Å². The molecule has 2 unspecified atom stereocenters. The first-order chi connectivity index (χ1) is 31.0. The van der Waals surface area contributed by atoms with Crippen LogP contribution in [-0.2, 0) is 31.9 Å². The molecule has 2 atom stereocenters. The summed E-state index contributed by atoms with van der Waals surface area (Å²) in [6.45, 7) is 16.4. The quantitative estimate of drug-likeness (QED) is 0.101. The Morgan fingerprint density at radius 2 is 1.34 bits per heavy atom. The maximum absolute atomic E-state index is 5.21. The number of hydrogen-bond acceptors (Lipinski definition) is 2. The van der Waals surface area contributed by atoms with Crippen molar-refractivity contribution in [2.45, 2.75) is 78.2 Å². The summed E-state index contributed by atoms with van der Waals surface area (Å²) in [5.74, 6) is 0.639. The van der Waals surface area contributed by atoms with Crippen molar-refractivity contribution >= 4 is 30.3 Å². The number of benzene rings is 7. The normalized spacial score (nSPS) is 15.8. The van der Waals surface area contributed by atoms with Crippen LogP contribution < -0.4 is 10.1 Å². The predicted octanol–water partition coefficient (Wildman–Crippen LogP) is 16.1. The van der Waals surface area contributed by atoms with Crippen LogP contribution in [0.5, 0.6) is 0 Å². The Hall–Kier alpha value is -5.84. The van der Waals surface area contributed by atoms with Crippen molar-refractivity contribution in [1.29, 1.82) is 0 Å². The standard InChI is InChI=1S/C36H30N2.C24H28NSi.Ir/c1-3-23-36(2)31-14-8-7-13-29(31)30-24-27(19-22-32(30)36)35-37-33-15-9-10-16-34(33)38(35)28-20-17-26(18-21-28)25-11-5-4-6-12-25;1-18(2)14-22-16-23(25-17-24(22)26(3,4)5)21-13-9-12-20(15-21)19-10-7-6-8-11-19;/h4-18,20-22,24,35H,3,23H2,1-2H3;6-12,15-18H,14H2,1-5H3;/q-2;-1;+3. The van der Waals surface area contributed by atoms with Gasteiger partial charge in [0, 0.05) is 17.6 Å². The minimum absolute atomic E-state index is 0. The molecule has 2 heterocycles. The van der Waals surface area contributed by atoms with Gasteiger partial charge in [0.1, 0.15) is 0 Å². The van der Waals surface area contributed by atoms with E-state index in [0.717, 1.165) is 53.1 Å². The Balaban J connectivity index is 0.000000188. The van der Waals surface area contributed by atoms with Crippen LogP contribution in [0.4, 0.5) is 17.1 Å². The van der Waals surface area contributed by atoms with Gasteiger partial charge < -0.3 is 15.2 Å². The number of fused-ring (bicyclic) bond motifs is 4. The number of pyridine rings is 1. The summed E-state index contributed by atoms with van der Waals surface area (Å²) in [6.07, 6.45) is 5.34. The smallest absolute Gasteiger partial charge is 0.661 e. The second kappa shape index (κ2) is 19.3. The van der Waals surface area contributed by atoms with Crippen LogP contribution in [0.25, 0.3) is 50.0 Å². The van der Waals surface area contributed by atoms with E-state index >= 15 is 0 Å². The van der Waals surface area contributed by atoms with E-state index in [9.17, 15) is 0 Å². The van der Waals surface area contributed by atoms with Crippen LogP contribution in [0.1, 0.15) is 69.0 Å². The minimum Gasteiger partial charge on any atom is -0.661 e. The van der Waals surface area contributed by atoms with Gasteiger partial charge in [0.05, 0.1) is 8.07 Å². The van der Waals surface area contributed by atoms with Crippen molar-refractivity contribution in [3.63, 3.8) is 0 Å². The third kappa shape index (κ3) is 9.34. The third-order valence-corrected chi connectivity index (χ3v) is 15.0. The molecule has 7 aromatic carbocycles. The number of hydrogen-bond donors (Lipinski definition) is 0. The van der Waals surface area contributed by atoms with Gasteiger partial charge in [-0.1, -0.05) is 187 Å². The van der Waals surface area contributed by atoms with E-state index in [2.05, 4.69) is 228 Å². The zero-order valence-electron chi connectivity index (χ0n) is 38.7. The van der Waals surface area contributed by atoms with Gasteiger partial charge in [0.15, 0.2) is 0 Å². The van der Waals surface area contributed by atoms with Gasteiger partial charge >= 0.3 is 20.1 Å². The Bertz CT molecular complexity index is 2890. The van der Waals surface area contributed by atoms with E-state index in [0.29, 0.717) is 5.92 Å². The SMILES string of the molecule is CC(C)Cc1cc(-c2[c-]ccc(-c3ccccc3)c2)ncc1[Si](C)(C)C.CCCC1(C)c2c[c-]c(C3[N-]c4ccccc4N3c3ccc(-c4ccccc4)cc3)cc2-c2ccccc21.[Ir+3]. The molecule has 10 rings (SSSR count). The second-order valence-corrected chi connectivity index (χ2v) is 24.1. The van der Waals surface area contributed by atoms with Gasteiger partial charge in [-0.25, -0.2) is 0 Å². The molecule has 8 aromatic rings. The molecule has 0 radical (unpaired) electrons. The maximum atomic E-state index is 5.21. The number of anilines is 2. The Kier molecular flexibility index (Phi) is 13.6. The maximum Gasteiger partial charge on any atom is 3.00 e. The molecule has 1 aliphatic heterocycles. The Morgan fingerprint density at radius 1 is 0.692 bits per heavy atom. The molecule has 0 fully saturated rings. The van der Waals surface area contributed by atoms with Crippen molar-refractivity contribution in [2.75, 3.05) is 4.90 Å². The van der Waals surface area contributed by atoms with E-state index in [-0.39, 0.29) is 31.7 Å². The molecular formula is C60H58IrN3Si. The summed E-state index contributed by atoms with van der Waals surface area (Å²) < 4.78 is 0. The average Bonchev–Trinajstić information content (AvgIpc) is 3.82. The van der Waals surface area contributed by atoms with Crippen LogP contribution in [0.15, 0.2) is 176 Å². The molecule has 0 saturated heterocycles. The molecule has 0 amide bonds. The third-order valence-electron chi connectivity index (χ3n) is 12.9. The number of aromatic nitrogens is 1. The molecule has 5 heteroatoms. The first kappa shape index (κ1) is 45.7. The summed E-state index contributed by atoms with van der Waals surface area (Å²) >= 11 is 0. The van der Waals surface area contributed by atoms with Crippen molar-refractivity contribution in [3.05, 3.63) is 216 Å². The van der Waals surface area contributed by atoms with Gasteiger partial charge in [0.2, 0.25) is 0 Å². The van der Waals surface area contributed by atoms with Crippen molar-refractivity contribution < 1.29 is 20.1 Å². The molecule has 2 aliphatic rings. The van der Waals surface area contributed by atoms with E-state index in [1.807, 2.05) is 12.1 Å². The first-order valence-electron chi connectivity index (χ1n) is 23.0. The fraction of sp³-hybridized carbons (Fsp3) is 0.217. The summed E-state index contributed by atoms with van der Waals surface area (Å²) in [7, 11) is -1.40. The second-order valence-electron chi connectivity index (χ2n) is 19.0. The van der Waals surface area contributed by atoms with Gasteiger partial charge in [0.25, 0.3) is 0 Å². The molecule has 0 saturated carbocycles. The Morgan fingerprint density at radius 3 is 2.03 bits per heavy atom. The van der Waals surface area contributed by atoms with Gasteiger partial charge in [-0.15, -0.1) is 52.2 Å². The fourth-order valence-electron chi connectivity index (χ4n) is 9.84. The van der Waals surface area contributed by atoms with Gasteiger partial charge in [-0.2, -0.15) is 23.8 Å². The van der Waals surface area contributed by atoms with Crippen molar-refractivity contribution in [3.8, 4) is 44.6 Å². The van der Waals surface area contributed by atoms with Crippen molar-refractivity contribution in [1.82, 2.24) is 4.98 Å². The van der Waals surface area contributed by atoms with Crippen LogP contribution in [0.3, 0.4) is 0 Å². The van der Waals surface area contributed by atoms with E-state index in [1.54, 1.807) is 0 Å². The van der Waals surface area contributed by atoms with E-state index < -0.39 is 8.07 Å². The zero-order chi connectivity index (χ0) is 44.4. The first-order valence-corrected chi connectivity index (χ1v) is 26.5. The molecule has 1 aliphatic carbocycles. The monoisotopic (exact) mass is 1040 g/mol. The number of para-hydroxylation sites is 2. The minimum atomic E-state index is -1.40. The van der Waals surface area contributed by atoms with Gasteiger partial charge in [-0.05, 0) is 80.8 Å².